The van der Waals surface area contributed by atoms with Crippen LogP contribution < -0.4 is 5.32 Å². The van der Waals surface area contributed by atoms with Gasteiger partial charge in [0.2, 0.25) is 0 Å². The molecule has 2 heteroatoms. The Morgan fingerprint density at radius 3 is 2.46 bits per heavy atom. The van der Waals surface area contributed by atoms with E-state index in [0.717, 1.165) is 11.5 Å². The lowest BCUT2D eigenvalue weighted by Gasteiger charge is -2.31. The fourth-order valence-electron chi connectivity index (χ4n) is 3.04. The van der Waals surface area contributed by atoms with Gasteiger partial charge < -0.3 is 5.32 Å². The van der Waals surface area contributed by atoms with E-state index in [9.17, 15) is 0 Å². The van der Waals surface area contributed by atoms with Gasteiger partial charge in [-0.3, -0.25) is 4.90 Å². The van der Waals surface area contributed by atoms with Crippen molar-refractivity contribution in [3.63, 3.8) is 0 Å². The first-order valence-electron chi connectivity index (χ1n) is 5.83. The molecule has 0 aromatic rings. The number of nitrogens with one attached hydrogen (secondary N) is 1. The summed E-state index contributed by atoms with van der Waals surface area (Å²) in [5.41, 5.74) is 0.824. The van der Waals surface area contributed by atoms with Gasteiger partial charge in [0.05, 0.1) is 0 Å². The van der Waals surface area contributed by atoms with Gasteiger partial charge in [-0.1, -0.05) is 0 Å². The zero-order valence-electron chi connectivity index (χ0n) is 8.39. The summed E-state index contributed by atoms with van der Waals surface area (Å²) in [7, 11) is 0. The molecule has 2 saturated heterocycles. The minimum Gasteiger partial charge on any atom is -0.317 e. The molecule has 2 heterocycles. The molecule has 1 N–H and O–H groups in total. The Hall–Kier alpha value is -0.0800. The summed E-state index contributed by atoms with van der Waals surface area (Å²) in [6.07, 6.45) is 7.31. The van der Waals surface area contributed by atoms with Crippen LogP contribution in [0.1, 0.15) is 32.1 Å². The number of piperidine rings is 1. The summed E-state index contributed by atoms with van der Waals surface area (Å²) in [6, 6.07) is 0.918. The second kappa shape index (κ2) is 2.96. The molecule has 2 nitrogen and oxygen atoms in total. The van der Waals surface area contributed by atoms with E-state index in [0.29, 0.717) is 0 Å². The van der Waals surface area contributed by atoms with E-state index < -0.39 is 0 Å². The Morgan fingerprint density at radius 2 is 1.85 bits per heavy atom. The predicted molar refractivity (Wildman–Crippen MR) is 53.7 cm³/mol. The van der Waals surface area contributed by atoms with Gasteiger partial charge >= 0.3 is 0 Å². The lowest BCUT2D eigenvalue weighted by molar-refractivity contribution is 0.190. The highest BCUT2D eigenvalue weighted by Gasteiger charge is 2.48. The van der Waals surface area contributed by atoms with Crippen molar-refractivity contribution >= 4 is 0 Å². The minimum atomic E-state index is 0.824. The van der Waals surface area contributed by atoms with Crippen LogP contribution in [0.2, 0.25) is 0 Å². The van der Waals surface area contributed by atoms with Crippen molar-refractivity contribution in [2.24, 2.45) is 5.41 Å². The van der Waals surface area contributed by atoms with Gasteiger partial charge in [-0.2, -0.15) is 0 Å². The van der Waals surface area contributed by atoms with Gasteiger partial charge in [-0.25, -0.2) is 0 Å². The molecule has 74 valence electrons. The van der Waals surface area contributed by atoms with Crippen molar-refractivity contribution in [1.29, 1.82) is 0 Å². The van der Waals surface area contributed by atoms with Crippen molar-refractivity contribution in [1.82, 2.24) is 10.2 Å². The second-order valence-corrected chi connectivity index (χ2v) is 5.20. The topological polar surface area (TPSA) is 15.3 Å². The summed E-state index contributed by atoms with van der Waals surface area (Å²) >= 11 is 0. The fraction of sp³-hybridized carbons (Fsp3) is 1.00. The van der Waals surface area contributed by atoms with Gasteiger partial charge in [0, 0.05) is 12.6 Å². The minimum absolute atomic E-state index is 0.824. The second-order valence-electron chi connectivity index (χ2n) is 5.20. The number of hydrogen-bond acceptors (Lipinski definition) is 2. The molecule has 3 fully saturated rings. The van der Waals surface area contributed by atoms with Crippen molar-refractivity contribution < 1.29 is 0 Å². The van der Waals surface area contributed by atoms with Crippen LogP contribution in [0, 0.1) is 5.41 Å². The first-order chi connectivity index (χ1) is 6.38. The van der Waals surface area contributed by atoms with Gasteiger partial charge in [0.1, 0.15) is 0 Å². The zero-order valence-corrected chi connectivity index (χ0v) is 8.39. The average Bonchev–Trinajstić information content (AvgIpc) is 2.78. The molecular weight excluding hydrogens is 160 g/mol. The zero-order chi connectivity index (χ0) is 8.73. The third-order valence-electron chi connectivity index (χ3n) is 4.25. The van der Waals surface area contributed by atoms with Gasteiger partial charge in [0.15, 0.2) is 0 Å². The Kier molecular flexibility index (Phi) is 1.88. The maximum absolute atomic E-state index is 3.45. The van der Waals surface area contributed by atoms with Crippen LogP contribution in [0.3, 0.4) is 0 Å². The number of rotatable bonds is 1. The maximum Gasteiger partial charge on any atom is 0.0120 e. The van der Waals surface area contributed by atoms with E-state index in [-0.39, 0.29) is 0 Å². The van der Waals surface area contributed by atoms with E-state index in [1.807, 2.05) is 0 Å². The van der Waals surface area contributed by atoms with Crippen LogP contribution >= 0.6 is 0 Å². The molecule has 0 amide bonds. The van der Waals surface area contributed by atoms with E-state index in [2.05, 4.69) is 10.2 Å². The first-order valence-corrected chi connectivity index (χ1v) is 5.83. The Bertz CT molecular complexity index is 192. The van der Waals surface area contributed by atoms with Crippen LogP contribution in [0.4, 0.5) is 0 Å². The monoisotopic (exact) mass is 180 g/mol. The molecule has 0 radical (unpaired) electrons. The normalized spacial score (nSPS) is 34.2. The number of hydrogen-bond donors (Lipinski definition) is 1. The third kappa shape index (κ3) is 1.50. The van der Waals surface area contributed by atoms with Gasteiger partial charge in [-0.15, -0.1) is 0 Å². The largest absolute Gasteiger partial charge is 0.317 e. The molecular formula is C11H20N2. The van der Waals surface area contributed by atoms with Crippen LogP contribution in [-0.4, -0.2) is 37.1 Å². The Morgan fingerprint density at radius 1 is 1.08 bits per heavy atom. The molecule has 3 aliphatic rings. The smallest absolute Gasteiger partial charge is 0.0120 e. The summed E-state index contributed by atoms with van der Waals surface area (Å²) in [5.74, 6) is 0. The molecule has 0 unspecified atom stereocenters. The first kappa shape index (κ1) is 8.25. The SMILES string of the molecule is C1CC(N2CCC3(CC3)C2)CCN1. The summed E-state index contributed by atoms with van der Waals surface area (Å²) in [5, 5.41) is 3.45. The number of likely N-dealkylation sites (tertiary alicyclic amines) is 1. The molecule has 0 bridgehead atoms. The number of nitrogens with zero attached hydrogens (tertiary/aromatic N) is 1. The predicted octanol–water partition coefficient (Wildman–Crippen LogP) is 1.22. The van der Waals surface area contributed by atoms with Crippen LogP contribution in [0.15, 0.2) is 0 Å². The van der Waals surface area contributed by atoms with Crippen molar-refractivity contribution in [3.8, 4) is 0 Å². The maximum atomic E-state index is 3.45. The molecule has 1 spiro atoms. The lowest BCUT2D eigenvalue weighted by atomic mass is 10.0. The van der Waals surface area contributed by atoms with E-state index in [4.69, 9.17) is 0 Å². The van der Waals surface area contributed by atoms with E-state index >= 15 is 0 Å². The quantitative estimate of drug-likeness (QED) is 0.653. The van der Waals surface area contributed by atoms with Gasteiger partial charge in [0.25, 0.3) is 0 Å². The third-order valence-corrected chi connectivity index (χ3v) is 4.25. The highest BCUT2D eigenvalue weighted by atomic mass is 15.2. The van der Waals surface area contributed by atoms with E-state index in [1.54, 1.807) is 0 Å². The Balaban J connectivity index is 1.59. The van der Waals surface area contributed by atoms with Crippen LogP contribution in [0.25, 0.3) is 0 Å². The standard InChI is InChI=1S/C11H20N2/c1-6-12-7-2-10(1)13-8-5-11(9-13)3-4-11/h10,12H,1-9H2. The molecule has 1 saturated carbocycles. The molecule has 3 rings (SSSR count). The summed E-state index contributed by atoms with van der Waals surface area (Å²) in [6.45, 7) is 5.31. The molecule has 0 atom stereocenters. The van der Waals surface area contributed by atoms with Gasteiger partial charge in [-0.05, 0) is 57.2 Å². The average molecular weight is 180 g/mol. The van der Waals surface area contributed by atoms with Crippen LogP contribution in [0.5, 0.6) is 0 Å². The lowest BCUT2D eigenvalue weighted by Crippen LogP contribution is -2.42. The molecule has 13 heavy (non-hydrogen) atoms. The van der Waals surface area contributed by atoms with Crippen molar-refractivity contribution in [2.45, 2.75) is 38.1 Å². The molecule has 2 aliphatic heterocycles. The summed E-state index contributed by atoms with van der Waals surface area (Å²) in [4.78, 5) is 2.77. The molecule has 0 aromatic heterocycles. The Labute approximate surface area is 80.7 Å². The van der Waals surface area contributed by atoms with E-state index in [1.165, 1.54) is 58.3 Å². The van der Waals surface area contributed by atoms with Crippen LogP contribution in [-0.2, 0) is 0 Å². The molecule has 0 aromatic carbocycles. The summed E-state index contributed by atoms with van der Waals surface area (Å²) < 4.78 is 0. The highest BCUT2D eigenvalue weighted by Crippen LogP contribution is 2.53. The molecule has 1 aliphatic carbocycles. The fourth-order valence-corrected chi connectivity index (χ4v) is 3.04. The highest BCUT2D eigenvalue weighted by molar-refractivity contribution is 5.01. The van der Waals surface area contributed by atoms with Crippen molar-refractivity contribution in [2.75, 3.05) is 26.2 Å². The van der Waals surface area contributed by atoms with Crippen molar-refractivity contribution in [3.05, 3.63) is 0 Å².